The molecule has 0 fully saturated rings. The lowest BCUT2D eigenvalue weighted by Crippen LogP contribution is -2.35. The smallest absolute Gasteiger partial charge is 0.270 e. The van der Waals surface area contributed by atoms with Crippen molar-refractivity contribution in [1.29, 1.82) is 0 Å². The van der Waals surface area contributed by atoms with Gasteiger partial charge in [-0.3, -0.25) is 14.9 Å². The standard InChI is InChI=1S/C25H21ClN4O4/c26-22-12-5-4-11-21(22)25(31)29(15-13-18-7-2-1-3-8-18)16-14-23-27-24(28-34-23)19-9-6-10-20(17-19)30(32)33/h1-12,17H,13-16H2. The molecule has 4 rings (SSSR count). The highest BCUT2D eigenvalue weighted by atomic mass is 35.5. The Labute approximate surface area is 200 Å². The van der Waals surface area contributed by atoms with E-state index in [0.29, 0.717) is 48.0 Å². The Balaban J connectivity index is 1.49. The molecule has 172 valence electrons. The third-order valence-corrected chi connectivity index (χ3v) is 5.61. The number of carbonyl (C=O) groups excluding carboxylic acids is 1. The van der Waals surface area contributed by atoms with Gasteiger partial charge in [-0.2, -0.15) is 4.98 Å². The number of nitro benzene ring substituents is 1. The van der Waals surface area contributed by atoms with Crippen molar-refractivity contribution in [3.05, 3.63) is 111 Å². The van der Waals surface area contributed by atoms with E-state index in [0.717, 1.165) is 5.56 Å². The molecule has 1 aromatic heterocycles. The number of hydrogen-bond acceptors (Lipinski definition) is 6. The van der Waals surface area contributed by atoms with Gasteiger partial charge < -0.3 is 9.42 Å². The van der Waals surface area contributed by atoms with Crippen LogP contribution in [0.5, 0.6) is 0 Å². The van der Waals surface area contributed by atoms with Crippen molar-refractivity contribution < 1.29 is 14.2 Å². The largest absolute Gasteiger partial charge is 0.339 e. The summed E-state index contributed by atoms with van der Waals surface area (Å²) >= 11 is 6.27. The molecule has 0 saturated carbocycles. The molecule has 0 N–H and O–H groups in total. The third-order valence-electron chi connectivity index (χ3n) is 5.28. The average Bonchev–Trinajstić information content (AvgIpc) is 3.34. The fourth-order valence-electron chi connectivity index (χ4n) is 3.49. The molecule has 0 aliphatic rings. The molecule has 1 amide bonds. The Bertz CT molecular complexity index is 1290. The summed E-state index contributed by atoms with van der Waals surface area (Å²) < 4.78 is 5.35. The fraction of sp³-hybridized carbons (Fsp3) is 0.160. The average molecular weight is 477 g/mol. The molecular weight excluding hydrogens is 456 g/mol. The normalized spacial score (nSPS) is 10.7. The zero-order valence-electron chi connectivity index (χ0n) is 18.1. The topological polar surface area (TPSA) is 102 Å². The lowest BCUT2D eigenvalue weighted by molar-refractivity contribution is -0.384. The van der Waals surface area contributed by atoms with Gasteiger partial charge in [-0.15, -0.1) is 0 Å². The van der Waals surface area contributed by atoms with Gasteiger partial charge in [0.1, 0.15) is 0 Å². The van der Waals surface area contributed by atoms with Gasteiger partial charge in [0.05, 0.1) is 15.5 Å². The van der Waals surface area contributed by atoms with E-state index in [2.05, 4.69) is 10.1 Å². The highest BCUT2D eigenvalue weighted by Gasteiger charge is 2.20. The van der Waals surface area contributed by atoms with Crippen molar-refractivity contribution in [2.75, 3.05) is 13.1 Å². The van der Waals surface area contributed by atoms with Crippen LogP contribution < -0.4 is 0 Å². The lowest BCUT2D eigenvalue weighted by atomic mass is 10.1. The zero-order chi connectivity index (χ0) is 23.9. The minimum absolute atomic E-state index is 0.0544. The van der Waals surface area contributed by atoms with Crippen molar-refractivity contribution in [2.24, 2.45) is 0 Å². The molecule has 0 unspecified atom stereocenters. The minimum atomic E-state index is -0.477. The molecule has 9 heteroatoms. The maximum atomic E-state index is 13.2. The second-order valence-corrected chi connectivity index (χ2v) is 7.98. The number of carbonyl (C=O) groups is 1. The van der Waals surface area contributed by atoms with Crippen molar-refractivity contribution in [3.8, 4) is 11.4 Å². The SMILES string of the molecule is O=C(c1ccccc1Cl)N(CCc1ccccc1)CCc1nc(-c2cccc([N+](=O)[O-])c2)no1. The second-order valence-electron chi connectivity index (χ2n) is 7.58. The first-order chi connectivity index (χ1) is 16.5. The number of nitrogens with zero attached hydrogens (tertiary/aromatic N) is 4. The molecule has 0 atom stereocenters. The predicted molar refractivity (Wildman–Crippen MR) is 128 cm³/mol. The Morgan fingerprint density at radius 2 is 1.71 bits per heavy atom. The number of amides is 1. The number of nitro groups is 1. The summed E-state index contributed by atoms with van der Waals surface area (Å²) in [7, 11) is 0. The molecule has 0 aliphatic heterocycles. The summed E-state index contributed by atoms with van der Waals surface area (Å²) in [5, 5.41) is 15.4. The Morgan fingerprint density at radius 3 is 2.47 bits per heavy atom. The quantitative estimate of drug-likeness (QED) is 0.242. The maximum Gasteiger partial charge on any atom is 0.270 e. The van der Waals surface area contributed by atoms with Crippen LogP contribution >= 0.6 is 11.6 Å². The summed E-state index contributed by atoms with van der Waals surface area (Å²) in [6.45, 7) is 0.827. The number of halogens is 1. The number of aromatic nitrogens is 2. The van der Waals surface area contributed by atoms with Crippen LogP contribution in [0.2, 0.25) is 5.02 Å². The van der Waals surface area contributed by atoms with E-state index in [1.165, 1.54) is 12.1 Å². The van der Waals surface area contributed by atoms with E-state index in [9.17, 15) is 14.9 Å². The molecule has 0 spiro atoms. The third kappa shape index (κ3) is 5.65. The van der Waals surface area contributed by atoms with Crippen molar-refractivity contribution in [3.63, 3.8) is 0 Å². The lowest BCUT2D eigenvalue weighted by Gasteiger charge is -2.23. The van der Waals surface area contributed by atoms with Crippen molar-refractivity contribution in [1.82, 2.24) is 15.0 Å². The summed E-state index contributed by atoms with van der Waals surface area (Å²) in [5.74, 6) is 0.407. The predicted octanol–water partition coefficient (Wildman–Crippen LogP) is 5.23. The minimum Gasteiger partial charge on any atom is -0.339 e. The number of benzene rings is 3. The van der Waals surface area contributed by atoms with Gasteiger partial charge in [0, 0.05) is 37.2 Å². The second kappa shape index (κ2) is 10.7. The van der Waals surface area contributed by atoms with Gasteiger partial charge >= 0.3 is 0 Å². The monoisotopic (exact) mass is 476 g/mol. The maximum absolute atomic E-state index is 13.2. The van der Waals surface area contributed by atoms with Crippen molar-refractivity contribution in [2.45, 2.75) is 12.8 Å². The molecule has 0 radical (unpaired) electrons. The first kappa shape index (κ1) is 23.1. The fourth-order valence-corrected chi connectivity index (χ4v) is 3.71. The molecule has 0 saturated heterocycles. The summed E-state index contributed by atoms with van der Waals surface area (Å²) in [4.78, 5) is 29.9. The molecule has 3 aromatic carbocycles. The van der Waals surface area contributed by atoms with Gasteiger partial charge in [0.2, 0.25) is 11.7 Å². The molecular formula is C25H21ClN4O4. The van der Waals surface area contributed by atoms with E-state index >= 15 is 0 Å². The van der Waals surface area contributed by atoms with Crippen LogP contribution in [-0.2, 0) is 12.8 Å². The van der Waals surface area contributed by atoms with Gasteiger partial charge in [-0.05, 0) is 24.1 Å². The first-order valence-corrected chi connectivity index (χ1v) is 11.0. The van der Waals surface area contributed by atoms with Gasteiger partial charge in [-0.1, -0.05) is 71.4 Å². The number of non-ortho nitro benzene ring substituents is 1. The van der Waals surface area contributed by atoms with E-state index in [-0.39, 0.29) is 17.4 Å². The summed E-state index contributed by atoms with van der Waals surface area (Å²) in [6.07, 6.45) is 1.01. The van der Waals surface area contributed by atoms with Crippen LogP contribution in [0.1, 0.15) is 21.8 Å². The van der Waals surface area contributed by atoms with Crippen LogP contribution in [0, 0.1) is 10.1 Å². The van der Waals surface area contributed by atoms with E-state index in [1.54, 1.807) is 41.3 Å². The van der Waals surface area contributed by atoms with Crippen LogP contribution in [0.15, 0.2) is 83.4 Å². The number of hydrogen-bond donors (Lipinski definition) is 0. The first-order valence-electron chi connectivity index (χ1n) is 10.7. The van der Waals surface area contributed by atoms with Crippen LogP contribution in [-0.4, -0.2) is 39.0 Å². The van der Waals surface area contributed by atoms with Crippen LogP contribution in [0.4, 0.5) is 5.69 Å². The van der Waals surface area contributed by atoms with Gasteiger partial charge in [0.25, 0.3) is 11.6 Å². The molecule has 1 heterocycles. The Kier molecular flexibility index (Phi) is 7.29. The summed E-state index contributed by atoms with van der Waals surface area (Å²) in [5.41, 5.74) is 1.98. The Morgan fingerprint density at radius 1 is 0.971 bits per heavy atom. The highest BCUT2D eigenvalue weighted by molar-refractivity contribution is 6.33. The Hall–Kier alpha value is -4.04. The van der Waals surface area contributed by atoms with Crippen LogP contribution in [0.3, 0.4) is 0 Å². The zero-order valence-corrected chi connectivity index (χ0v) is 18.9. The van der Waals surface area contributed by atoms with E-state index in [1.807, 2.05) is 30.3 Å². The van der Waals surface area contributed by atoms with Crippen LogP contribution in [0.25, 0.3) is 11.4 Å². The molecule has 4 aromatic rings. The molecule has 8 nitrogen and oxygen atoms in total. The number of rotatable bonds is 9. The van der Waals surface area contributed by atoms with E-state index in [4.69, 9.17) is 16.1 Å². The van der Waals surface area contributed by atoms with Gasteiger partial charge in [-0.25, -0.2) is 0 Å². The molecule has 0 bridgehead atoms. The van der Waals surface area contributed by atoms with Gasteiger partial charge in [0.15, 0.2) is 0 Å². The summed E-state index contributed by atoms with van der Waals surface area (Å²) in [6, 6.07) is 22.9. The highest BCUT2D eigenvalue weighted by Crippen LogP contribution is 2.22. The van der Waals surface area contributed by atoms with E-state index < -0.39 is 4.92 Å². The molecule has 0 aliphatic carbocycles. The molecule has 34 heavy (non-hydrogen) atoms. The van der Waals surface area contributed by atoms with Crippen molar-refractivity contribution >= 4 is 23.2 Å².